The molecule has 3 heterocycles. The molecule has 294 valence electrons. The second-order valence-corrected chi connectivity index (χ2v) is 20.6. The van der Waals surface area contributed by atoms with Gasteiger partial charge in [0.15, 0.2) is 8.07 Å². The van der Waals surface area contributed by atoms with E-state index in [0.717, 1.165) is 0 Å². The first kappa shape index (κ1) is 35.7. The van der Waals surface area contributed by atoms with Gasteiger partial charge in [-0.3, -0.25) is 0 Å². The average Bonchev–Trinajstić information content (AvgIpc) is 3.99. The van der Waals surface area contributed by atoms with E-state index in [1.54, 1.807) is 0 Å². The Labute approximate surface area is 367 Å². The van der Waals surface area contributed by atoms with Crippen LogP contribution in [0.4, 0.5) is 0 Å². The van der Waals surface area contributed by atoms with Crippen LogP contribution in [0.15, 0.2) is 243 Å². The number of hydrogen-bond donors (Lipinski definition) is 0. The molecule has 1 aliphatic rings. The smallest absolute Gasteiger partial charge is 0.180 e. The van der Waals surface area contributed by atoms with Crippen molar-refractivity contribution in [1.82, 2.24) is 9.13 Å². The summed E-state index contributed by atoms with van der Waals surface area (Å²) in [6, 6.07) is 90.4. The molecule has 0 bridgehead atoms. The molecule has 13 rings (SSSR count). The van der Waals surface area contributed by atoms with Crippen molar-refractivity contribution < 1.29 is 0 Å². The lowest BCUT2D eigenvalue weighted by molar-refractivity contribution is 1.18. The van der Waals surface area contributed by atoms with Crippen molar-refractivity contribution in [2.45, 2.75) is 0 Å². The van der Waals surface area contributed by atoms with Gasteiger partial charge in [-0.15, -0.1) is 0 Å². The highest BCUT2D eigenvalue weighted by Crippen LogP contribution is 2.37. The summed E-state index contributed by atoms with van der Waals surface area (Å²) in [5, 5.41) is 10.8. The highest BCUT2D eigenvalue weighted by Gasteiger charge is 2.48. The SMILES string of the molecule is c1ccc(-n2c3ccccc3c3cc(-c4ccc([Si]5(c6ccc(-c7ccc8c(c7)c7ccccc7n8-c7ccccc7)cc6)c6ccccc6-c6ccccc65)cc4)ccc32)cc1. The van der Waals surface area contributed by atoms with Crippen LogP contribution in [0.3, 0.4) is 0 Å². The van der Waals surface area contributed by atoms with Gasteiger partial charge >= 0.3 is 0 Å². The maximum absolute atomic E-state index is 2.71. The number of nitrogens with zero attached hydrogens (tertiary/aromatic N) is 2. The number of para-hydroxylation sites is 4. The molecule has 0 radical (unpaired) electrons. The Bertz CT molecular complexity index is 3460. The maximum atomic E-state index is 2.43. The molecule has 2 aromatic heterocycles. The fourth-order valence-electron chi connectivity index (χ4n) is 10.9. The first-order valence-electron chi connectivity index (χ1n) is 21.8. The van der Waals surface area contributed by atoms with Crippen molar-refractivity contribution in [1.29, 1.82) is 0 Å². The molecule has 12 aromatic rings. The third-order valence-corrected chi connectivity index (χ3v) is 18.5. The molecule has 63 heavy (non-hydrogen) atoms. The van der Waals surface area contributed by atoms with Crippen molar-refractivity contribution in [2.24, 2.45) is 0 Å². The lowest BCUT2D eigenvalue weighted by atomic mass is 10.0. The van der Waals surface area contributed by atoms with Crippen LogP contribution >= 0.6 is 0 Å². The normalized spacial score (nSPS) is 12.9. The molecule has 10 aromatic carbocycles. The van der Waals surface area contributed by atoms with E-state index in [4.69, 9.17) is 0 Å². The Morgan fingerprint density at radius 3 is 1.05 bits per heavy atom. The minimum absolute atomic E-state index is 1.18. The van der Waals surface area contributed by atoms with Crippen molar-refractivity contribution in [3.63, 3.8) is 0 Å². The minimum atomic E-state index is -2.71. The van der Waals surface area contributed by atoms with Crippen LogP contribution in [0.2, 0.25) is 0 Å². The largest absolute Gasteiger partial charge is 0.309 e. The lowest BCUT2D eigenvalue weighted by Gasteiger charge is -2.31. The number of hydrogen-bond acceptors (Lipinski definition) is 0. The second kappa shape index (κ2) is 14.0. The summed E-state index contributed by atoms with van der Waals surface area (Å²) in [6.45, 7) is 0. The number of benzene rings is 10. The Morgan fingerprint density at radius 2 is 0.603 bits per heavy atom. The van der Waals surface area contributed by atoms with Crippen molar-refractivity contribution in [3.8, 4) is 44.8 Å². The predicted molar refractivity (Wildman–Crippen MR) is 269 cm³/mol. The topological polar surface area (TPSA) is 9.86 Å². The lowest BCUT2D eigenvalue weighted by Crippen LogP contribution is -2.72. The Kier molecular flexibility index (Phi) is 7.96. The molecular weight excluding hydrogens is 777 g/mol. The second-order valence-electron chi connectivity index (χ2n) is 16.8. The van der Waals surface area contributed by atoms with E-state index in [9.17, 15) is 0 Å². The summed E-state index contributed by atoms with van der Waals surface area (Å²) in [7, 11) is -2.71. The molecule has 3 heteroatoms. The predicted octanol–water partition coefficient (Wildman–Crippen LogP) is 12.6. The molecule has 0 amide bonds. The Balaban J connectivity index is 0.936. The van der Waals surface area contributed by atoms with Gasteiger partial charge in [0.05, 0.1) is 22.1 Å². The summed E-state index contributed by atoms with van der Waals surface area (Å²) in [5.74, 6) is 0. The van der Waals surface area contributed by atoms with Gasteiger partial charge in [-0.2, -0.15) is 0 Å². The molecule has 0 spiro atoms. The maximum Gasteiger partial charge on any atom is 0.180 e. The van der Waals surface area contributed by atoms with E-state index in [-0.39, 0.29) is 0 Å². The molecule has 0 saturated carbocycles. The molecule has 0 saturated heterocycles. The zero-order valence-corrected chi connectivity index (χ0v) is 35.5. The Morgan fingerprint density at radius 1 is 0.254 bits per heavy atom. The van der Waals surface area contributed by atoms with Gasteiger partial charge in [0, 0.05) is 32.9 Å². The third-order valence-electron chi connectivity index (χ3n) is 13.6. The van der Waals surface area contributed by atoms with Crippen LogP contribution in [0.25, 0.3) is 88.4 Å². The van der Waals surface area contributed by atoms with Crippen LogP contribution in [0.5, 0.6) is 0 Å². The van der Waals surface area contributed by atoms with Crippen LogP contribution in [-0.2, 0) is 0 Å². The van der Waals surface area contributed by atoms with Crippen LogP contribution in [0.1, 0.15) is 0 Å². The molecular formula is C60H40N2Si. The first-order chi connectivity index (χ1) is 31.3. The van der Waals surface area contributed by atoms with Crippen LogP contribution in [0, 0.1) is 0 Å². The minimum Gasteiger partial charge on any atom is -0.309 e. The molecule has 0 unspecified atom stereocenters. The van der Waals surface area contributed by atoms with E-state index < -0.39 is 8.07 Å². The summed E-state index contributed by atoms with van der Waals surface area (Å²) < 4.78 is 4.77. The van der Waals surface area contributed by atoms with E-state index in [1.165, 1.54) is 109 Å². The van der Waals surface area contributed by atoms with Crippen LogP contribution < -0.4 is 20.7 Å². The highest BCUT2D eigenvalue weighted by atomic mass is 28.3. The quantitative estimate of drug-likeness (QED) is 0.148. The molecule has 0 atom stereocenters. The van der Waals surface area contributed by atoms with E-state index in [2.05, 4.69) is 252 Å². The van der Waals surface area contributed by atoms with E-state index >= 15 is 0 Å². The van der Waals surface area contributed by atoms with E-state index in [1.807, 2.05) is 0 Å². The first-order valence-corrected chi connectivity index (χ1v) is 23.8. The molecule has 0 aliphatic carbocycles. The van der Waals surface area contributed by atoms with Gasteiger partial charge in [0.2, 0.25) is 0 Å². The fraction of sp³-hybridized carbons (Fsp3) is 0. The molecule has 0 N–H and O–H groups in total. The zero-order valence-electron chi connectivity index (χ0n) is 34.5. The highest BCUT2D eigenvalue weighted by molar-refractivity contribution is 7.22. The van der Waals surface area contributed by atoms with Crippen LogP contribution in [-0.4, -0.2) is 17.2 Å². The average molecular weight is 817 g/mol. The van der Waals surface area contributed by atoms with Crippen molar-refractivity contribution in [2.75, 3.05) is 0 Å². The number of fused-ring (bicyclic) bond motifs is 9. The van der Waals surface area contributed by atoms with Gasteiger partial charge in [-0.05, 0) is 115 Å². The van der Waals surface area contributed by atoms with Gasteiger partial charge in [-0.25, -0.2) is 0 Å². The third kappa shape index (κ3) is 5.30. The summed E-state index contributed by atoms with van der Waals surface area (Å²) in [5.41, 5.74) is 14.8. The molecule has 2 nitrogen and oxygen atoms in total. The molecule has 0 fully saturated rings. The number of rotatable bonds is 6. The zero-order chi connectivity index (χ0) is 41.5. The van der Waals surface area contributed by atoms with E-state index in [0.29, 0.717) is 0 Å². The summed E-state index contributed by atoms with van der Waals surface area (Å²) in [6.07, 6.45) is 0. The summed E-state index contributed by atoms with van der Waals surface area (Å²) in [4.78, 5) is 0. The van der Waals surface area contributed by atoms with Gasteiger partial charge in [0.1, 0.15) is 0 Å². The molecule has 1 aliphatic heterocycles. The number of aromatic nitrogens is 2. The Hall–Kier alpha value is -7.98. The monoisotopic (exact) mass is 816 g/mol. The standard InChI is InChI=1S/C60H40N2Si/c1-3-15-45(16-4-1)61-55-23-11-7-19-49(55)53-39-43(31-37-57(53)61)41-27-33-47(34-28-41)63(59-25-13-9-21-51(59)52-22-10-14-26-60(52)63)48-35-29-42(30-36-48)44-32-38-58-54(40-44)50-20-8-12-24-56(50)62(58)46-17-5-2-6-18-46/h1-40H. The van der Waals surface area contributed by atoms with Gasteiger partial charge in [0.25, 0.3) is 0 Å². The van der Waals surface area contributed by atoms with Crippen molar-refractivity contribution in [3.05, 3.63) is 243 Å². The summed E-state index contributed by atoms with van der Waals surface area (Å²) >= 11 is 0. The fourth-order valence-corrected chi connectivity index (χ4v) is 16.0. The van der Waals surface area contributed by atoms with Gasteiger partial charge in [-0.1, -0.05) is 182 Å². The van der Waals surface area contributed by atoms with Crippen molar-refractivity contribution >= 4 is 72.4 Å². The van der Waals surface area contributed by atoms with Gasteiger partial charge < -0.3 is 9.13 Å².